The average molecular weight is 263 g/mol. The molecule has 0 spiro atoms. The van der Waals surface area contributed by atoms with Crippen molar-refractivity contribution in [3.63, 3.8) is 0 Å². The van der Waals surface area contributed by atoms with Crippen molar-refractivity contribution in [3.8, 4) is 0 Å². The monoisotopic (exact) mass is 263 g/mol. The predicted octanol–water partition coefficient (Wildman–Crippen LogP) is 1.44. The maximum absolute atomic E-state index is 12.3. The molecule has 0 saturated heterocycles. The van der Waals surface area contributed by atoms with Gasteiger partial charge < -0.3 is 20.7 Å². The molecule has 0 unspecified atom stereocenters. The van der Waals surface area contributed by atoms with E-state index in [0.29, 0.717) is 17.4 Å². The van der Waals surface area contributed by atoms with E-state index in [2.05, 4.69) is 5.32 Å². The Morgan fingerprint density at radius 3 is 2.74 bits per heavy atom. The highest BCUT2D eigenvalue weighted by Gasteiger charge is 2.30. The second kappa shape index (κ2) is 4.89. The van der Waals surface area contributed by atoms with Crippen LogP contribution < -0.4 is 11.1 Å². The van der Waals surface area contributed by atoms with Gasteiger partial charge in [-0.25, -0.2) is 0 Å². The number of hydrogen-bond acceptors (Lipinski definition) is 3. The van der Waals surface area contributed by atoms with Gasteiger partial charge in [-0.1, -0.05) is 12.8 Å². The van der Waals surface area contributed by atoms with Crippen LogP contribution in [0.5, 0.6) is 0 Å². The number of carbonyl (C=O) groups is 1. The Balaban J connectivity index is 1.72. The van der Waals surface area contributed by atoms with Crippen LogP contribution in [0.25, 0.3) is 0 Å². The van der Waals surface area contributed by atoms with E-state index in [0.717, 1.165) is 38.5 Å². The van der Waals surface area contributed by atoms with E-state index < -0.39 is 6.10 Å². The number of aliphatic hydroxyl groups excluding tert-OH is 1. The van der Waals surface area contributed by atoms with Gasteiger partial charge in [0.1, 0.15) is 5.69 Å². The van der Waals surface area contributed by atoms with Crippen LogP contribution in [-0.2, 0) is 0 Å². The number of nitrogens with one attached hydrogen (secondary N) is 1. The van der Waals surface area contributed by atoms with Gasteiger partial charge in [-0.15, -0.1) is 0 Å². The third kappa shape index (κ3) is 2.61. The van der Waals surface area contributed by atoms with Gasteiger partial charge in [0.05, 0.1) is 17.8 Å². The van der Waals surface area contributed by atoms with Crippen LogP contribution >= 0.6 is 0 Å². The molecule has 3 rings (SSSR count). The maximum atomic E-state index is 12.3. The van der Waals surface area contributed by atoms with Crippen molar-refractivity contribution < 1.29 is 9.90 Å². The van der Waals surface area contributed by atoms with E-state index in [1.807, 2.05) is 10.8 Å². The van der Waals surface area contributed by atoms with Gasteiger partial charge in [-0.2, -0.15) is 0 Å². The Bertz CT molecular complexity index is 479. The highest BCUT2D eigenvalue weighted by atomic mass is 16.3. The highest BCUT2D eigenvalue weighted by molar-refractivity contribution is 5.94. The third-order valence-electron chi connectivity index (χ3n) is 4.09. The van der Waals surface area contributed by atoms with Crippen LogP contribution in [0.1, 0.15) is 55.1 Å². The first-order chi connectivity index (χ1) is 9.15. The summed E-state index contributed by atoms with van der Waals surface area (Å²) in [4.78, 5) is 12.3. The Labute approximate surface area is 112 Å². The molecule has 5 heteroatoms. The van der Waals surface area contributed by atoms with E-state index in [1.54, 1.807) is 6.07 Å². The average Bonchev–Trinajstić information content (AvgIpc) is 3.15. The SMILES string of the molecule is Nc1cc(C(=O)N[C@H]2CCCC[C@@H]2O)n(C2CC2)c1. The minimum atomic E-state index is -0.417. The molecule has 2 saturated carbocycles. The van der Waals surface area contributed by atoms with Crippen molar-refractivity contribution in [2.45, 2.75) is 56.7 Å². The fourth-order valence-electron chi connectivity index (χ4n) is 2.86. The molecular weight excluding hydrogens is 242 g/mol. The minimum Gasteiger partial charge on any atom is -0.397 e. The quantitative estimate of drug-likeness (QED) is 0.772. The number of nitrogen functional groups attached to an aromatic ring is 1. The van der Waals surface area contributed by atoms with E-state index in [9.17, 15) is 9.90 Å². The highest BCUT2D eigenvalue weighted by Crippen LogP contribution is 2.37. The van der Waals surface area contributed by atoms with Crippen LogP contribution in [0.4, 0.5) is 5.69 Å². The smallest absolute Gasteiger partial charge is 0.268 e. The number of aliphatic hydroxyl groups is 1. The van der Waals surface area contributed by atoms with Gasteiger partial charge >= 0.3 is 0 Å². The van der Waals surface area contributed by atoms with Gasteiger partial charge in [0.25, 0.3) is 5.91 Å². The lowest BCUT2D eigenvalue weighted by Gasteiger charge is -2.28. The summed E-state index contributed by atoms with van der Waals surface area (Å²) in [6.45, 7) is 0. The van der Waals surface area contributed by atoms with Crippen LogP contribution in [0.2, 0.25) is 0 Å². The molecule has 2 aliphatic carbocycles. The summed E-state index contributed by atoms with van der Waals surface area (Å²) >= 11 is 0. The lowest BCUT2D eigenvalue weighted by Crippen LogP contribution is -2.45. The largest absolute Gasteiger partial charge is 0.397 e. The lowest BCUT2D eigenvalue weighted by molar-refractivity contribution is 0.0710. The van der Waals surface area contributed by atoms with Crippen molar-refractivity contribution >= 4 is 11.6 Å². The van der Waals surface area contributed by atoms with Crippen LogP contribution in [0.3, 0.4) is 0 Å². The number of hydrogen-bond donors (Lipinski definition) is 3. The molecule has 2 fully saturated rings. The molecule has 0 aliphatic heterocycles. The molecule has 19 heavy (non-hydrogen) atoms. The number of anilines is 1. The van der Waals surface area contributed by atoms with Crippen molar-refractivity contribution in [3.05, 3.63) is 18.0 Å². The molecule has 2 aliphatic rings. The van der Waals surface area contributed by atoms with Gasteiger partial charge in [-0.3, -0.25) is 4.79 Å². The summed E-state index contributed by atoms with van der Waals surface area (Å²) in [6, 6.07) is 2.03. The number of amides is 1. The molecule has 104 valence electrons. The second-order valence-corrected chi connectivity index (χ2v) is 5.73. The van der Waals surface area contributed by atoms with Gasteiger partial charge in [0.2, 0.25) is 0 Å². The fraction of sp³-hybridized carbons (Fsp3) is 0.643. The molecule has 2 atom stereocenters. The number of nitrogens with zero attached hydrogens (tertiary/aromatic N) is 1. The lowest BCUT2D eigenvalue weighted by atomic mass is 9.92. The number of nitrogens with two attached hydrogens (primary N) is 1. The standard InChI is InChI=1S/C14H21N3O2/c15-9-7-12(17(8-9)10-5-6-10)14(19)16-11-3-1-2-4-13(11)18/h7-8,10-11,13,18H,1-6,15H2,(H,16,19)/t11-,13-/m0/s1. The predicted molar refractivity (Wildman–Crippen MR) is 72.8 cm³/mol. The van der Waals surface area contributed by atoms with Crippen LogP contribution in [0, 0.1) is 0 Å². The Hall–Kier alpha value is -1.49. The molecule has 5 nitrogen and oxygen atoms in total. The van der Waals surface area contributed by atoms with Crippen molar-refractivity contribution in [2.75, 3.05) is 5.73 Å². The Morgan fingerprint density at radius 2 is 2.05 bits per heavy atom. The zero-order valence-electron chi connectivity index (χ0n) is 11.0. The fourth-order valence-corrected chi connectivity index (χ4v) is 2.86. The number of carbonyl (C=O) groups excluding carboxylic acids is 1. The molecule has 0 aromatic carbocycles. The number of aromatic nitrogens is 1. The first-order valence-electron chi connectivity index (χ1n) is 7.11. The van der Waals surface area contributed by atoms with E-state index in [-0.39, 0.29) is 11.9 Å². The van der Waals surface area contributed by atoms with E-state index in [4.69, 9.17) is 5.73 Å². The molecule has 1 aromatic rings. The summed E-state index contributed by atoms with van der Waals surface area (Å²) < 4.78 is 1.97. The Morgan fingerprint density at radius 1 is 1.32 bits per heavy atom. The molecule has 0 bridgehead atoms. The van der Waals surface area contributed by atoms with Gasteiger partial charge in [0, 0.05) is 12.2 Å². The first-order valence-corrected chi connectivity index (χ1v) is 7.11. The summed E-state index contributed by atoms with van der Waals surface area (Å²) in [5.41, 5.74) is 7.04. The van der Waals surface area contributed by atoms with Crippen molar-refractivity contribution in [2.24, 2.45) is 0 Å². The van der Waals surface area contributed by atoms with Gasteiger partial charge in [-0.05, 0) is 31.7 Å². The first kappa shape index (κ1) is 12.5. The molecule has 1 heterocycles. The summed E-state index contributed by atoms with van der Waals surface area (Å²) in [5.74, 6) is -0.116. The van der Waals surface area contributed by atoms with Crippen LogP contribution in [0.15, 0.2) is 12.3 Å². The third-order valence-corrected chi connectivity index (χ3v) is 4.09. The zero-order valence-corrected chi connectivity index (χ0v) is 11.0. The Kier molecular flexibility index (Phi) is 3.22. The van der Waals surface area contributed by atoms with E-state index in [1.165, 1.54) is 0 Å². The molecular formula is C14H21N3O2. The zero-order chi connectivity index (χ0) is 13.4. The topological polar surface area (TPSA) is 80.3 Å². The molecule has 1 aromatic heterocycles. The second-order valence-electron chi connectivity index (χ2n) is 5.73. The molecule has 4 N–H and O–H groups in total. The van der Waals surface area contributed by atoms with Crippen LogP contribution in [-0.4, -0.2) is 27.7 Å². The van der Waals surface area contributed by atoms with Crippen molar-refractivity contribution in [1.82, 2.24) is 9.88 Å². The summed E-state index contributed by atoms with van der Waals surface area (Å²) in [6.07, 6.45) is 7.38. The molecule has 0 radical (unpaired) electrons. The summed E-state index contributed by atoms with van der Waals surface area (Å²) in [5, 5.41) is 12.9. The number of rotatable bonds is 3. The summed E-state index contributed by atoms with van der Waals surface area (Å²) in [7, 11) is 0. The van der Waals surface area contributed by atoms with Gasteiger partial charge in [0.15, 0.2) is 0 Å². The normalized spacial score (nSPS) is 27.2. The maximum Gasteiger partial charge on any atom is 0.268 e. The molecule has 1 amide bonds. The van der Waals surface area contributed by atoms with E-state index >= 15 is 0 Å². The van der Waals surface area contributed by atoms with Crippen molar-refractivity contribution in [1.29, 1.82) is 0 Å². The minimum absolute atomic E-state index is 0.116.